The molecule has 0 fully saturated rings. The standard InChI is InChI=1S/C8H16N6O2/c1-5(2)3-6(12-14-8(10)16)4-11-13-7(9)15/h4-5H,3H2,1-2H3,(H3,9,13,15)(H3,10,14,16)/b11-4-,12-6-. The second-order valence-electron chi connectivity index (χ2n) is 3.41. The molecule has 0 rings (SSSR count). The van der Waals surface area contributed by atoms with E-state index in [9.17, 15) is 9.59 Å². The predicted octanol–water partition coefficient (Wildman–Crippen LogP) is -0.289. The van der Waals surface area contributed by atoms with Gasteiger partial charge in [0.05, 0.1) is 11.9 Å². The summed E-state index contributed by atoms with van der Waals surface area (Å²) in [4.78, 5) is 20.8. The summed E-state index contributed by atoms with van der Waals surface area (Å²) in [6.07, 6.45) is 1.87. The van der Waals surface area contributed by atoms with E-state index in [1.54, 1.807) is 0 Å². The number of urea groups is 2. The Balaban J connectivity index is 4.41. The van der Waals surface area contributed by atoms with Crippen LogP contribution in [0.5, 0.6) is 0 Å². The van der Waals surface area contributed by atoms with Crippen molar-refractivity contribution in [1.82, 2.24) is 10.9 Å². The van der Waals surface area contributed by atoms with E-state index in [0.29, 0.717) is 18.1 Å². The van der Waals surface area contributed by atoms with E-state index in [2.05, 4.69) is 15.6 Å². The van der Waals surface area contributed by atoms with Crippen LogP contribution in [0.2, 0.25) is 0 Å². The van der Waals surface area contributed by atoms with Gasteiger partial charge in [-0.2, -0.15) is 10.2 Å². The van der Waals surface area contributed by atoms with Crippen LogP contribution >= 0.6 is 0 Å². The monoisotopic (exact) mass is 228 g/mol. The van der Waals surface area contributed by atoms with Crippen LogP contribution in [-0.2, 0) is 0 Å². The van der Waals surface area contributed by atoms with Gasteiger partial charge in [-0.15, -0.1) is 0 Å². The Kier molecular flexibility index (Phi) is 6.25. The van der Waals surface area contributed by atoms with Crippen LogP contribution in [-0.4, -0.2) is 24.0 Å². The van der Waals surface area contributed by atoms with Crippen LogP contribution in [0, 0.1) is 5.92 Å². The maximum Gasteiger partial charge on any atom is 0.332 e. The summed E-state index contributed by atoms with van der Waals surface area (Å²) in [5, 5.41) is 7.24. The molecule has 0 aromatic rings. The maximum absolute atomic E-state index is 10.4. The molecule has 90 valence electrons. The van der Waals surface area contributed by atoms with Crippen LogP contribution in [0.15, 0.2) is 10.2 Å². The largest absolute Gasteiger partial charge is 0.350 e. The smallest absolute Gasteiger partial charge is 0.332 e. The SMILES string of the molecule is CC(C)CC(/C=N\NC(N)=O)=N/NC(N)=O. The lowest BCUT2D eigenvalue weighted by Crippen LogP contribution is -2.27. The molecule has 0 spiro atoms. The Morgan fingerprint density at radius 2 is 1.81 bits per heavy atom. The molecule has 0 atom stereocenters. The Hall–Kier alpha value is -2.12. The van der Waals surface area contributed by atoms with Gasteiger partial charge < -0.3 is 11.5 Å². The summed E-state index contributed by atoms with van der Waals surface area (Å²) in [7, 11) is 0. The third-order valence-corrected chi connectivity index (χ3v) is 1.32. The normalized spacial score (nSPS) is 11.8. The first-order chi connectivity index (χ1) is 7.41. The number of hydrazone groups is 2. The second kappa shape index (κ2) is 7.21. The third-order valence-electron chi connectivity index (χ3n) is 1.32. The van der Waals surface area contributed by atoms with E-state index in [-0.39, 0.29) is 0 Å². The molecular formula is C8H16N6O2. The lowest BCUT2D eigenvalue weighted by molar-refractivity contribution is 0.248. The van der Waals surface area contributed by atoms with Gasteiger partial charge in [0.2, 0.25) is 0 Å². The number of hydrogen-bond acceptors (Lipinski definition) is 4. The molecule has 0 heterocycles. The van der Waals surface area contributed by atoms with Gasteiger partial charge in [-0.3, -0.25) is 0 Å². The van der Waals surface area contributed by atoms with Gasteiger partial charge >= 0.3 is 12.1 Å². The van der Waals surface area contributed by atoms with Crippen molar-refractivity contribution in [2.24, 2.45) is 27.6 Å². The van der Waals surface area contributed by atoms with Gasteiger partial charge in [0.15, 0.2) is 0 Å². The number of amides is 4. The van der Waals surface area contributed by atoms with Crippen molar-refractivity contribution in [2.75, 3.05) is 0 Å². The minimum Gasteiger partial charge on any atom is -0.350 e. The van der Waals surface area contributed by atoms with Gasteiger partial charge in [0.25, 0.3) is 0 Å². The molecule has 0 radical (unpaired) electrons. The van der Waals surface area contributed by atoms with E-state index in [4.69, 9.17) is 11.5 Å². The number of primary amides is 2. The Morgan fingerprint density at radius 3 is 2.25 bits per heavy atom. The average Bonchev–Trinajstić information content (AvgIpc) is 2.12. The molecule has 0 saturated carbocycles. The van der Waals surface area contributed by atoms with Crippen LogP contribution in [0.25, 0.3) is 0 Å². The van der Waals surface area contributed by atoms with Crippen LogP contribution in [0.3, 0.4) is 0 Å². The topological polar surface area (TPSA) is 135 Å². The molecule has 0 aromatic heterocycles. The lowest BCUT2D eigenvalue weighted by atomic mass is 10.1. The van der Waals surface area contributed by atoms with Crippen molar-refractivity contribution in [3.63, 3.8) is 0 Å². The number of hydrogen-bond donors (Lipinski definition) is 4. The van der Waals surface area contributed by atoms with Gasteiger partial charge in [0.1, 0.15) is 0 Å². The molecule has 0 aromatic carbocycles. The van der Waals surface area contributed by atoms with Gasteiger partial charge in [0, 0.05) is 0 Å². The van der Waals surface area contributed by atoms with Crippen molar-refractivity contribution in [3.05, 3.63) is 0 Å². The molecule has 8 heteroatoms. The molecule has 0 aliphatic carbocycles. The fraction of sp³-hybridized carbons (Fsp3) is 0.500. The number of carbonyl (C=O) groups excluding carboxylic acids is 2. The third kappa shape index (κ3) is 8.48. The second-order valence-corrected chi connectivity index (χ2v) is 3.41. The fourth-order valence-corrected chi connectivity index (χ4v) is 0.843. The zero-order chi connectivity index (χ0) is 12.6. The zero-order valence-corrected chi connectivity index (χ0v) is 9.23. The van der Waals surface area contributed by atoms with E-state index < -0.39 is 12.1 Å². The molecule has 4 amide bonds. The van der Waals surface area contributed by atoms with Crippen LogP contribution in [0.1, 0.15) is 20.3 Å². The average molecular weight is 228 g/mol. The summed E-state index contributed by atoms with van der Waals surface area (Å²) in [5.74, 6) is 0.313. The number of carbonyl (C=O) groups is 2. The Morgan fingerprint density at radius 1 is 1.25 bits per heavy atom. The first-order valence-corrected chi connectivity index (χ1v) is 4.62. The molecule has 0 aliphatic heterocycles. The number of rotatable bonds is 5. The quantitative estimate of drug-likeness (QED) is 0.380. The molecule has 16 heavy (non-hydrogen) atoms. The molecule has 0 bridgehead atoms. The van der Waals surface area contributed by atoms with Crippen molar-refractivity contribution in [2.45, 2.75) is 20.3 Å². The zero-order valence-electron chi connectivity index (χ0n) is 9.23. The van der Waals surface area contributed by atoms with Gasteiger partial charge in [-0.05, 0) is 12.3 Å². The molecule has 0 saturated heterocycles. The fourth-order valence-electron chi connectivity index (χ4n) is 0.843. The lowest BCUT2D eigenvalue weighted by Gasteiger charge is -2.04. The summed E-state index contributed by atoms with van der Waals surface area (Å²) in [6, 6.07) is -1.54. The molecular weight excluding hydrogens is 212 g/mol. The summed E-state index contributed by atoms with van der Waals surface area (Å²) in [6.45, 7) is 3.93. The first-order valence-electron chi connectivity index (χ1n) is 4.62. The highest BCUT2D eigenvalue weighted by Gasteiger charge is 2.01. The van der Waals surface area contributed by atoms with Crippen molar-refractivity contribution in [1.29, 1.82) is 0 Å². The number of nitrogens with two attached hydrogens (primary N) is 2. The van der Waals surface area contributed by atoms with E-state index in [1.807, 2.05) is 19.3 Å². The van der Waals surface area contributed by atoms with E-state index >= 15 is 0 Å². The summed E-state index contributed by atoms with van der Waals surface area (Å²) < 4.78 is 0. The van der Waals surface area contributed by atoms with Gasteiger partial charge in [-0.1, -0.05) is 13.8 Å². The highest BCUT2D eigenvalue weighted by Crippen LogP contribution is 1.99. The Labute approximate surface area is 93.1 Å². The maximum atomic E-state index is 10.4. The van der Waals surface area contributed by atoms with Crippen molar-refractivity contribution in [3.8, 4) is 0 Å². The number of nitrogens with one attached hydrogen (secondary N) is 2. The van der Waals surface area contributed by atoms with E-state index in [0.717, 1.165) is 0 Å². The van der Waals surface area contributed by atoms with Gasteiger partial charge in [-0.25, -0.2) is 20.4 Å². The van der Waals surface area contributed by atoms with Crippen molar-refractivity contribution < 1.29 is 9.59 Å². The predicted molar refractivity (Wildman–Crippen MR) is 60.8 cm³/mol. The minimum absolute atomic E-state index is 0.313. The summed E-state index contributed by atoms with van der Waals surface area (Å²) >= 11 is 0. The summed E-state index contributed by atoms with van der Waals surface area (Å²) in [5.41, 5.74) is 14.2. The minimum atomic E-state index is -0.775. The molecule has 0 unspecified atom stereocenters. The molecule has 6 N–H and O–H groups in total. The number of nitrogens with zero attached hydrogens (tertiary/aromatic N) is 2. The first kappa shape index (κ1) is 13.9. The molecule has 8 nitrogen and oxygen atoms in total. The van der Waals surface area contributed by atoms with E-state index in [1.165, 1.54) is 6.21 Å². The van der Waals surface area contributed by atoms with Crippen LogP contribution in [0.4, 0.5) is 9.59 Å². The highest BCUT2D eigenvalue weighted by molar-refractivity contribution is 6.30. The molecule has 0 aliphatic rings. The Bertz CT molecular complexity index is 310. The van der Waals surface area contributed by atoms with Crippen LogP contribution < -0.4 is 22.3 Å². The highest BCUT2D eigenvalue weighted by atomic mass is 16.2. The van der Waals surface area contributed by atoms with Crippen molar-refractivity contribution >= 4 is 24.0 Å².